The van der Waals surface area contributed by atoms with Gasteiger partial charge >= 0.3 is 0 Å². The normalized spacial score (nSPS) is 15.2. The Morgan fingerprint density at radius 3 is 1.25 bits per heavy atom. The molecule has 0 spiro atoms. The van der Waals surface area contributed by atoms with Crippen molar-refractivity contribution in [1.29, 1.82) is 0 Å². The fraction of sp³-hybridized carbons (Fsp3) is 1.00. The predicted molar refractivity (Wildman–Crippen MR) is 147 cm³/mol. The van der Waals surface area contributed by atoms with Gasteiger partial charge in [-0.3, -0.25) is 0 Å². The Bertz CT molecular complexity index is 388. The van der Waals surface area contributed by atoms with Gasteiger partial charge in [-0.2, -0.15) is 0 Å². The summed E-state index contributed by atoms with van der Waals surface area (Å²) in [5.41, 5.74) is 0. The summed E-state index contributed by atoms with van der Waals surface area (Å²) in [5.74, 6) is 0. The van der Waals surface area contributed by atoms with E-state index in [1.54, 1.807) is 0 Å². The maximum Gasteiger partial charge on any atom is 0.111 e. The van der Waals surface area contributed by atoms with Crippen LogP contribution in [-0.4, -0.2) is 51.8 Å². The highest BCUT2D eigenvalue weighted by molar-refractivity contribution is 4.69. The van der Waals surface area contributed by atoms with Gasteiger partial charge in [-0.05, 0) is 12.8 Å². The van der Waals surface area contributed by atoms with Crippen LogP contribution >= 0.6 is 0 Å². The Labute approximate surface area is 223 Å². The highest BCUT2D eigenvalue weighted by Gasteiger charge is 2.24. The average molecular weight is 517 g/mol. The number of rotatable bonds is 31. The molecular formula is C30H60O6. The van der Waals surface area contributed by atoms with E-state index >= 15 is 0 Å². The van der Waals surface area contributed by atoms with Gasteiger partial charge in [0.25, 0.3) is 0 Å². The van der Waals surface area contributed by atoms with Crippen LogP contribution in [0.25, 0.3) is 0 Å². The van der Waals surface area contributed by atoms with E-state index in [9.17, 15) is 0 Å². The second-order valence-corrected chi connectivity index (χ2v) is 10.5. The zero-order valence-corrected chi connectivity index (χ0v) is 24.0. The second kappa shape index (κ2) is 27.8. The largest absolute Gasteiger partial charge is 0.371 e. The molecule has 6 nitrogen and oxygen atoms in total. The van der Waals surface area contributed by atoms with Crippen molar-refractivity contribution in [3.05, 3.63) is 0 Å². The molecule has 1 aliphatic rings. The van der Waals surface area contributed by atoms with Crippen molar-refractivity contribution in [1.82, 2.24) is 0 Å². The second-order valence-electron chi connectivity index (χ2n) is 10.5. The van der Waals surface area contributed by atoms with Crippen LogP contribution < -0.4 is 0 Å². The summed E-state index contributed by atoms with van der Waals surface area (Å²) in [4.78, 5) is 21.5. The number of unbranched alkanes of at least 4 members (excludes halogenated alkanes) is 18. The molecule has 0 aromatic rings. The number of epoxide rings is 1. The highest BCUT2D eigenvalue weighted by atomic mass is 17.2. The van der Waals surface area contributed by atoms with Crippen LogP contribution in [0.3, 0.4) is 0 Å². The van der Waals surface area contributed by atoms with Gasteiger partial charge in [-0.25, -0.2) is 19.6 Å². The summed E-state index contributed by atoms with van der Waals surface area (Å²) < 4.78 is 11.1. The third-order valence-corrected chi connectivity index (χ3v) is 6.76. The van der Waals surface area contributed by atoms with Gasteiger partial charge in [0.2, 0.25) is 0 Å². The summed E-state index contributed by atoms with van der Waals surface area (Å²) in [5, 5.41) is 0. The molecule has 1 aliphatic heterocycles. The Morgan fingerprint density at radius 2 is 0.889 bits per heavy atom. The standard InChI is InChI=1S/C30H60O6/c1-3-5-7-9-11-13-15-17-19-21-23-33-35-27-30(32-26-29-25-31-29)28-36-34-24-22-20-18-16-14-12-10-8-6-4-2/h29-30H,3-28H2,1-2H3. The van der Waals surface area contributed by atoms with Gasteiger partial charge in [0.15, 0.2) is 0 Å². The van der Waals surface area contributed by atoms with Gasteiger partial charge in [-0.1, -0.05) is 129 Å². The Morgan fingerprint density at radius 1 is 0.528 bits per heavy atom. The minimum absolute atomic E-state index is 0.213. The number of hydrogen-bond donors (Lipinski definition) is 0. The van der Waals surface area contributed by atoms with Crippen LogP contribution in [0, 0.1) is 0 Å². The molecule has 1 unspecified atom stereocenters. The molecule has 0 saturated carbocycles. The fourth-order valence-corrected chi connectivity index (χ4v) is 4.21. The van der Waals surface area contributed by atoms with Crippen molar-refractivity contribution < 1.29 is 29.0 Å². The maximum absolute atomic E-state index is 5.85. The summed E-state index contributed by atoms with van der Waals surface area (Å²) in [6, 6.07) is 0. The molecule has 216 valence electrons. The van der Waals surface area contributed by atoms with Gasteiger partial charge in [-0.15, -0.1) is 0 Å². The van der Waals surface area contributed by atoms with Gasteiger partial charge < -0.3 is 9.47 Å². The lowest BCUT2D eigenvalue weighted by Crippen LogP contribution is -2.27. The van der Waals surface area contributed by atoms with Crippen molar-refractivity contribution >= 4 is 0 Å². The van der Waals surface area contributed by atoms with Crippen LogP contribution in [0.1, 0.15) is 142 Å². The molecule has 1 fully saturated rings. The molecule has 1 heterocycles. The van der Waals surface area contributed by atoms with E-state index in [1.165, 1.54) is 116 Å². The van der Waals surface area contributed by atoms with Crippen LogP contribution in [0.2, 0.25) is 0 Å². The maximum atomic E-state index is 5.85. The zero-order chi connectivity index (χ0) is 25.8. The Hall–Kier alpha value is -0.240. The monoisotopic (exact) mass is 516 g/mol. The first-order valence-corrected chi connectivity index (χ1v) is 15.6. The first-order chi connectivity index (χ1) is 17.9. The lowest BCUT2D eigenvalue weighted by Gasteiger charge is -2.16. The minimum Gasteiger partial charge on any atom is -0.371 e. The van der Waals surface area contributed by atoms with Crippen molar-refractivity contribution in [3.63, 3.8) is 0 Å². The van der Waals surface area contributed by atoms with Crippen molar-refractivity contribution in [2.75, 3.05) is 39.6 Å². The van der Waals surface area contributed by atoms with E-state index in [0.717, 1.165) is 19.4 Å². The number of ether oxygens (including phenoxy) is 2. The molecule has 1 saturated heterocycles. The quantitative estimate of drug-likeness (QED) is 0.0398. The SMILES string of the molecule is CCCCCCCCCCCCOOCC(COOCCCCCCCCCCCC)OCC1CO1. The van der Waals surface area contributed by atoms with Crippen LogP contribution in [-0.2, 0) is 29.0 Å². The van der Waals surface area contributed by atoms with E-state index in [2.05, 4.69) is 13.8 Å². The van der Waals surface area contributed by atoms with Crippen LogP contribution in [0.5, 0.6) is 0 Å². The molecule has 1 rings (SSSR count). The third-order valence-electron chi connectivity index (χ3n) is 6.76. The highest BCUT2D eigenvalue weighted by Crippen LogP contribution is 2.13. The van der Waals surface area contributed by atoms with Gasteiger partial charge in [0.05, 0.1) is 26.4 Å². The average Bonchev–Trinajstić information content (AvgIpc) is 3.72. The lowest BCUT2D eigenvalue weighted by molar-refractivity contribution is -0.336. The van der Waals surface area contributed by atoms with E-state index < -0.39 is 0 Å². The van der Waals surface area contributed by atoms with Crippen LogP contribution in [0.4, 0.5) is 0 Å². The molecule has 36 heavy (non-hydrogen) atoms. The van der Waals surface area contributed by atoms with E-state index in [0.29, 0.717) is 33.0 Å². The molecule has 0 N–H and O–H groups in total. The zero-order valence-electron chi connectivity index (χ0n) is 24.0. The summed E-state index contributed by atoms with van der Waals surface area (Å²) in [7, 11) is 0. The first kappa shape index (κ1) is 33.8. The van der Waals surface area contributed by atoms with Gasteiger partial charge in [0.1, 0.15) is 25.4 Å². The van der Waals surface area contributed by atoms with Crippen LogP contribution in [0.15, 0.2) is 0 Å². The lowest BCUT2D eigenvalue weighted by atomic mass is 10.1. The Kier molecular flexibility index (Phi) is 26.1. The fourth-order valence-electron chi connectivity index (χ4n) is 4.21. The smallest absolute Gasteiger partial charge is 0.111 e. The summed E-state index contributed by atoms with van der Waals surface area (Å²) >= 11 is 0. The summed E-state index contributed by atoms with van der Waals surface area (Å²) in [6.45, 7) is 7.82. The van der Waals surface area contributed by atoms with E-state index in [4.69, 9.17) is 29.0 Å². The third kappa shape index (κ3) is 25.4. The molecule has 6 heteroatoms. The Balaban J connectivity index is 1.89. The van der Waals surface area contributed by atoms with Crippen molar-refractivity contribution in [2.45, 2.75) is 154 Å². The number of hydrogen-bond acceptors (Lipinski definition) is 6. The summed E-state index contributed by atoms with van der Waals surface area (Å²) in [6.07, 6.45) is 26.2. The van der Waals surface area contributed by atoms with Crippen molar-refractivity contribution in [3.8, 4) is 0 Å². The van der Waals surface area contributed by atoms with Gasteiger partial charge in [0, 0.05) is 0 Å². The molecule has 0 aromatic heterocycles. The molecule has 0 aromatic carbocycles. The molecule has 0 bridgehead atoms. The molecule has 0 aliphatic carbocycles. The molecule has 0 amide bonds. The predicted octanol–water partition coefficient (Wildman–Crippen LogP) is 8.51. The molecule has 1 atom stereocenters. The minimum atomic E-state index is -0.213. The van der Waals surface area contributed by atoms with E-state index in [-0.39, 0.29) is 12.2 Å². The van der Waals surface area contributed by atoms with E-state index in [1.807, 2.05) is 0 Å². The molecular weight excluding hydrogens is 456 g/mol. The first-order valence-electron chi connectivity index (χ1n) is 15.6. The topological polar surface area (TPSA) is 58.7 Å². The molecule has 0 radical (unpaired) electrons. The van der Waals surface area contributed by atoms with Crippen molar-refractivity contribution in [2.24, 2.45) is 0 Å².